The number of fused-ring (bicyclic) bond motifs is 3. The van der Waals surface area contributed by atoms with Crippen LogP contribution in [0.4, 0.5) is 4.39 Å². The van der Waals surface area contributed by atoms with Crippen molar-refractivity contribution < 1.29 is 8.91 Å². The summed E-state index contributed by atoms with van der Waals surface area (Å²) in [5.74, 6) is 1.48. The molecule has 6 nitrogen and oxygen atoms in total. The molecule has 0 saturated heterocycles. The van der Waals surface area contributed by atoms with Gasteiger partial charge in [-0.15, -0.1) is 0 Å². The number of aryl methyl sites for hydroxylation is 1. The smallest absolute Gasteiger partial charge is 0.134 e. The van der Waals surface area contributed by atoms with Crippen molar-refractivity contribution >= 4 is 16.7 Å². The van der Waals surface area contributed by atoms with E-state index in [9.17, 15) is 4.39 Å². The zero-order valence-corrected chi connectivity index (χ0v) is 17.0. The summed E-state index contributed by atoms with van der Waals surface area (Å²) in [4.78, 5) is 8.53. The van der Waals surface area contributed by atoms with Crippen LogP contribution >= 0.6 is 0 Å². The fourth-order valence-corrected chi connectivity index (χ4v) is 4.72. The highest BCUT2D eigenvalue weighted by Gasteiger charge is 2.36. The van der Waals surface area contributed by atoms with Gasteiger partial charge in [-0.3, -0.25) is 10.3 Å². The van der Waals surface area contributed by atoms with E-state index in [0.717, 1.165) is 40.5 Å². The minimum absolute atomic E-state index is 0.0131. The molecule has 4 aromatic rings. The van der Waals surface area contributed by atoms with Crippen molar-refractivity contribution in [1.29, 1.82) is 0 Å². The monoisotopic (exact) mass is 415 g/mol. The Kier molecular flexibility index (Phi) is 4.17. The second-order valence-electron chi connectivity index (χ2n) is 8.24. The Balaban J connectivity index is 1.38. The zero-order chi connectivity index (χ0) is 20.9. The summed E-state index contributed by atoms with van der Waals surface area (Å²) >= 11 is 0. The maximum Gasteiger partial charge on any atom is 0.134 e. The summed E-state index contributed by atoms with van der Waals surface area (Å²) in [6.07, 6.45) is 0.814. The lowest BCUT2D eigenvalue weighted by atomic mass is 9.92. The number of amidine groups is 1. The van der Waals surface area contributed by atoms with Crippen LogP contribution in [0.5, 0.6) is 0 Å². The molecule has 0 fully saturated rings. The molecule has 0 radical (unpaired) electrons. The number of nitrogens with one attached hydrogen (secondary N) is 3. The van der Waals surface area contributed by atoms with Crippen molar-refractivity contribution in [2.24, 2.45) is 4.99 Å². The van der Waals surface area contributed by atoms with Crippen LogP contribution in [-0.2, 0) is 6.42 Å². The molecular formula is C24H22FN5O. The second-order valence-corrected chi connectivity index (χ2v) is 8.24. The Morgan fingerprint density at radius 3 is 2.74 bits per heavy atom. The fourth-order valence-electron chi connectivity index (χ4n) is 4.72. The van der Waals surface area contributed by atoms with E-state index in [1.807, 2.05) is 19.1 Å². The first-order valence-electron chi connectivity index (χ1n) is 10.5. The first-order valence-corrected chi connectivity index (χ1v) is 10.5. The average Bonchev–Trinajstić information content (AvgIpc) is 3.52. The molecule has 2 aliphatic heterocycles. The van der Waals surface area contributed by atoms with E-state index in [0.29, 0.717) is 6.54 Å². The SMILES string of the molecule is Cc1cc(C2N[C@@H](C3=NC(c4ccc(F)cc4)CN3)Cc3c2[nH]c2ccccc32)no1. The fraction of sp³-hybridized carbons (Fsp3) is 0.250. The van der Waals surface area contributed by atoms with Crippen molar-refractivity contribution in [1.82, 2.24) is 20.8 Å². The highest BCUT2D eigenvalue weighted by atomic mass is 19.1. The Morgan fingerprint density at radius 2 is 1.94 bits per heavy atom. The molecule has 156 valence electrons. The van der Waals surface area contributed by atoms with E-state index in [1.54, 1.807) is 12.1 Å². The van der Waals surface area contributed by atoms with Gasteiger partial charge in [0.1, 0.15) is 23.1 Å². The molecule has 2 aromatic carbocycles. The summed E-state index contributed by atoms with van der Waals surface area (Å²) in [5, 5.41) is 12.7. The lowest BCUT2D eigenvalue weighted by Crippen LogP contribution is -2.48. The molecule has 0 amide bonds. The van der Waals surface area contributed by atoms with Crippen LogP contribution in [0, 0.1) is 12.7 Å². The molecular weight excluding hydrogens is 393 g/mol. The number of hydrogen-bond donors (Lipinski definition) is 3. The number of aliphatic imine (C=N–C) groups is 1. The number of para-hydroxylation sites is 1. The van der Waals surface area contributed by atoms with Gasteiger partial charge in [0.05, 0.1) is 18.1 Å². The number of hydrogen-bond acceptors (Lipinski definition) is 5. The molecule has 31 heavy (non-hydrogen) atoms. The number of rotatable bonds is 3. The van der Waals surface area contributed by atoms with Crippen molar-refractivity contribution in [2.75, 3.05) is 6.54 Å². The van der Waals surface area contributed by atoms with Crippen molar-refractivity contribution in [3.63, 3.8) is 0 Å². The van der Waals surface area contributed by atoms with Gasteiger partial charge in [0.2, 0.25) is 0 Å². The Morgan fingerprint density at radius 1 is 1.10 bits per heavy atom. The van der Waals surface area contributed by atoms with Crippen molar-refractivity contribution in [3.05, 3.63) is 88.7 Å². The number of aromatic amines is 1. The molecule has 6 rings (SSSR count). The third kappa shape index (κ3) is 3.13. The number of benzene rings is 2. The molecule has 2 aliphatic rings. The maximum atomic E-state index is 13.3. The Labute approximate surface area is 178 Å². The average molecular weight is 415 g/mol. The largest absolute Gasteiger partial charge is 0.370 e. The topological polar surface area (TPSA) is 78.2 Å². The van der Waals surface area contributed by atoms with Crippen LogP contribution in [-0.4, -0.2) is 28.6 Å². The zero-order valence-electron chi connectivity index (χ0n) is 17.0. The van der Waals surface area contributed by atoms with E-state index in [4.69, 9.17) is 9.52 Å². The third-order valence-corrected chi connectivity index (χ3v) is 6.21. The van der Waals surface area contributed by atoms with Gasteiger partial charge in [-0.05, 0) is 42.7 Å². The van der Waals surface area contributed by atoms with Gasteiger partial charge in [0.15, 0.2) is 0 Å². The van der Waals surface area contributed by atoms with Crippen LogP contribution in [0.25, 0.3) is 10.9 Å². The molecule has 0 saturated carbocycles. The van der Waals surface area contributed by atoms with E-state index in [-0.39, 0.29) is 23.9 Å². The molecule has 0 bridgehead atoms. The minimum atomic E-state index is -0.231. The van der Waals surface area contributed by atoms with E-state index in [2.05, 4.69) is 39.0 Å². The van der Waals surface area contributed by atoms with Crippen molar-refractivity contribution in [2.45, 2.75) is 31.5 Å². The number of H-pyrrole nitrogens is 1. The number of halogens is 1. The lowest BCUT2D eigenvalue weighted by Gasteiger charge is -2.30. The lowest BCUT2D eigenvalue weighted by molar-refractivity contribution is 0.378. The standard InChI is InChI=1S/C24H22FN5O/c1-13-10-19(30-31-13)23-22-17(16-4-2-3-5-18(16)27-22)11-20(28-23)24-26-12-21(29-24)14-6-8-15(25)9-7-14/h2-10,20-21,23,27-28H,11-12H2,1H3,(H,26,29)/t20-,21?,23?/m1/s1. The number of nitrogens with zero attached hydrogens (tertiary/aromatic N) is 2. The molecule has 4 heterocycles. The predicted octanol–water partition coefficient (Wildman–Crippen LogP) is 3.95. The van der Waals surface area contributed by atoms with Gasteiger partial charge < -0.3 is 14.8 Å². The molecule has 0 aliphatic carbocycles. The quantitative estimate of drug-likeness (QED) is 0.474. The summed E-state index contributed by atoms with van der Waals surface area (Å²) in [5.41, 5.74) is 5.38. The Bertz CT molecular complexity index is 1290. The van der Waals surface area contributed by atoms with E-state index < -0.39 is 0 Å². The molecule has 2 aromatic heterocycles. The maximum absolute atomic E-state index is 13.3. The first-order chi connectivity index (χ1) is 15.2. The van der Waals surface area contributed by atoms with Crippen LogP contribution in [0.1, 0.15) is 40.4 Å². The Hall–Kier alpha value is -3.45. The molecule has 3 N–H and O–H groups in total. The van der Waals surface area contributed by atoms with E-state index >= 15 is 0 Å². The van der Waals surface area contributed by atoms with Crippen LogP contribution in [0.15, 0.2) is 64.1 Å². The van der Waals surface area contributed by atoms with Crippen LogP contribution < -0.4 is 10.6 Å². The van der Waals surface area contributed by atoms with Gasteiger partial charge in [-0.1, -0.05) is 35.5 Å². The normalized spacial score (nSPS) is 22.9. The van der Waals surface area contributed by atoms with Crippen molar-refractivity contribution in [3.8, 4) is 0 Å². The van der Waals surface area contributed by atoms with Gasteiger partial charge in [0.25, 0.3) is 0 Å². The highest BCUT2D eigenvalue weighted by molar-refractivity contribution is 5.92. The minimum Gasteiger partial charge on any atom is -0.370 e. The summed E-state index contributed by atoms with van der Waals surface area (Å²) < 4.78 is 18.7. The third-order valence-electron chi connectivity index (χ3n) is 6.21. The number of aromatic nitrogens is 2. The molecule has 0 spiro atoms. The summed E-state index contributed by atoms with van der Waals surface area (Å²) in [6, 6.07) is 16.8. The first kappa shape index (κ1) is 18.3. The van der Waals surface area contributed by atoms with Gasteiger partial charge in [-0.25, -0.2) is 4.39 Å². The summed E-state index contributed by atoms with van der Waals surface area (Å²) in [7, 11) is 0. The van der Waals surface area contributed by atoms with E-state index in [1.165, 1.54) is 23.1 Å². The molecule has 3 atom stereocenters. The molecule has 7 heteroatoms. The molecule has 2 unspecified atom stereocenters. The predicted molar refractivity (Wildman–Crippen MR) is 117 cm³/mol. The van der Waals surface area contributed by atoms with Gasteiger partial charge >= 0.3 is 0 Å². The second kappa shape index (κ2) is 7.06. The highest BCUT2D eigenvalue weighted by Crippen LogP contribution is 2.35. The van der Waals surface area contributed by atoms with Crippen LogP contribution in [0.2, 0.25) is 0 Å². The van der Waals surface area contributed by atoms with Gasteiger partial charge in [0, 0.05) is 29.2 Å². The summed E-state index contributed by atoms with van der Waals surface area (Å²) in [6.45, 7) is 2.60. The van der Waals surface area contributed by atoms with Crippen LogP contribution in [0.3, 0.4) is 0 Å². The van der Waals surface area contributed by atoms with Gasteiger partial charge in [-0.2, -0.15) is 0 Å².